The summed E-state index contributed by atoms with van der Waals surface area (Å²) in [5.74, 6) is -1.91. The van der Waals surface area contributed by atoms with Gasteiger partial charge in [-0.1, -0.05) is 25.0 Å². The van der Waals surface area contributed by atoms with Crippen LogP contribution in [0.2, 0.25) is 0 Å². The molecule has 3 amide bonds. The molecule has 41 heavy (non-hydrogen) atoms. The Hall–Kier alpha value is -3.91. The van der Waals surface area contributed by atoms with E-state index in [1.165, 1.54) is 24.3 Å². The van der Waals surface area contributed by atoms with Crippen LogP contribution in [0.3, 0.4) is 0 Å². The molecule has 14 heteroatoms. The SMILES string of the molecule is C=C(C)CNc1ccc(C(F)(F)F)cc1C(=O)NCC(=O)NC1CCCCC1NC(=O)c1ccc(S(N)(=O)=O)cc1. The van der Waals surface area contributed by atoms with Crippen molar-refractivity contribution in [3.05, 3.63) is 71.3 Å². The first-order valence-electron chi connectivity index (χ1n) is 12.8. The van der Waals surface area contributed by atoms with Crippen molar-refractivity contribution in [2.45, 2.75) is 55.8 Å². The second kappa shape index (κ2) is 13.2. The number of anilines is 1. The van der Waals surface area contributed by atoms with E-state index in [0.29, 0.717) is 18.4 Å². The maximum atomic E-state index is 13.3. The third-order valence-corrected chi connectivity index (χ3v) is 7.38. The summed E-state index contributed by atoms with van der Waals surface area (Å²) in [5.41, 5.74) is -0.216. The van der Waals surface area contributed by atoms with E-state index < -0.39 is 58.1 Å². The second-order valence-electron chi connectivity index (χ2n) is 9.86. The van der Waals surface area contributed by atoms with E-state index in [1.54, 1.807) is 6.92 Å². The van der Waals surface area contributed by atoms with Crippen molar-refractivity contribution in [2.75, 3.05) is 18.4 Å². The van der Waals surface area contributed by atoms with Gasteiger partial charge in [-0.3, -0.25) is 14.4 Å². The number of nitrogens with two attached hydrogens (primary N) is 1. The minimum Gasteiger partial charge on any atom is -0.381 e. The minimum absolute atomic E-state index is 0.136. The summed E-state index contributed by atoms with van der Waals surface area (Å²) in [5, 5.41) is 15.9. The molecule has 2 aromatic rings. The maximum absolute atomic E-state index is 13.3. The number of carbonyl (C=O) groups is 3. The van der Waals surface area contributed by atoms with Crippen molar-refractivity contribution in [1.82, 2.24) is 16.0 Å². The molecule has 6 N–H and O–H groups in total. The molecule has 0 aromatic heterocycles. The molecule has 0 bridgehead atoms. The van der Waals surface area contributed by atoms with Crippen molar-refractivity contribution >= 4 is 33.4 Å². The molecule has 2 unspecified atom stereocenters. The molecule has 1 fully saturated rings. The van der Waals surface area contributed by atoms with Crippen LogP contribution in [0.15, 0.2) is 59.5 Å². The molecule has 2 atom stereocenters. The molecule has 1 saturated carbocycles. The molecule has 0 saturated heterocycles. The van der Waals surface area contributed by atoms with Crippen LogP contribution >= 0.6 is 0 Å². The third-order valence-electron chi connectivity index (χ3n) is 6.46. The molecule has 2 aromatic carbocycles. The van der Waals surface area contributed by atoms with Gasteiger partial charge in [0.1, 0.15) is 0 Å². The summed E-state index contributed by atoms with van der Waals surface area (Å²) >= 11 is 0. The van der Waals surface area contributed by atoms with Crippen LogP contribution in [0.5, 0.6) is 0 Å². The van der Waals surface area contributed by atoms with Crippen LogP contribution in [0.4, 0.5) is 18.9 Å². The van der Waals surface area contributed by atoms with E-state index in [-0.39, 0.29) is 28.3 Å². The molecular formula is C27H32F3N5O5S. The number of halogens is 3. The van der Waals surface area contributed by atoms with Crippen LogP contribution in [-0.4, -0.2) is 51.3 Å². The summed E-state index contributed by atoms with van der Waals surface area (Å²) in [6, 6.07) is 6.93. The summed E-state index contributed by atoms with van der Waals surface area (Å²) in [7, 11) is -3.91. The standard InChI is InChI=1S/C27H32F3N5O5S/c1-16(2)14-32-21-12-9-18(27(28,29)30)13-20(21)26(38)33-15-24(36)34-22-5-3-4-6-23(22)35-25(37)17-7-10-19(11-8-17)41(31,39)40/h7-13,22-23,32H,1,3-6,14-15H2,2H3,(H,33,38)(H,34,36)(H,35,37)(H2,31,39,40). The fraction of sp³-hybridized carbons (Fsp3) is 0.370. The quantitative estimate of drug-likeness (QED) is 0.266. The van der Waals surface area contributed by atoms with Gasteiger partial charge in [0.05, 0.1) is 22.6 Å². The summed E-state index contributed by atoms with van der Waals surface area (Å²) in [6.07, 6.45) is -1.95. The summed E-state index contributed by atoms with van der Waals surface area (Å²) in [6.45, 7) is 5.17. The first-order valence-corrected chi connectivity index (χ1v) is 14.3. The number of rotatable bonds is 10. The van der Waals surface area contributed by atoms with Crippen molar-refractivity contribution in [2.24, 2.45) is 5.14 Å². The summed E-state index contributed by atoms with van der Waals surface area (Å²) in [4.78, 5) is 38.1. The number of benzene rings is 2. The number of nitrogens with one attached hydrogen (secondary N) is 4. The molecule has 0 aliphatic heterocycles. The second-order valence-corrected chi connectivity index (χ2v) is 11.4. The van der Waals surface area contributed by atoms with Gasteiger partial charge >= 0.3 is 6.18 Å². The van der Waals surface area contributed by atoms with Gasteiger partial charge in [0.25, 0.3) is 11.8 Å². The monoisotopic (exact) mass is 595 g/mol. The predicted octanol–water partition coefficient (Wildman–Crippen LogP) is 2.93. The zero-order chi connectivity index (χ0) is 30.4. The number of alkyl halides is 3. The van der Waals surface area contributed by atoms with Crippen LogP contribution in [0.25, 0.3) is 0 Å². The highest BCUT2D eigenvalue weighted by molar-refractivity contribution is 7.89. The van der Waals surface area contributed by atoms with Crippen molar-refractivity contribution in [3.8, 4) is 0 Å². The van der Waals surface area contributed by atoms with Gasteiger partial charge in [0, 0.05) is 29.9 Å². The average molecular weight is 596 g/mol. The van der Waals surface area contributed by atoms with Crippen LogP contribution < -0.4 is 26.4 Å². The average Bonchev–Trinajstić information content (AvgIpc) is 2.90. The number of amides is 3. The van der Waals surface area contributed by atoms with E-state index in [9.17, 15) is 36.0 Å². The van der Waals surface area contributed by atoms with Gasteiger partial charge in [-0.05, 0) is 62.2 Å². The van der Waals surface area contributed by atoms with Gasteiger partial charge in [-0.2, -0.15) is 13.2 Å². The number of sulfonamides is 1. The molecule has 10 nitrogen and oxygen atoms in total. The maximum Gasteiger partial charge on any atom is 0.416 e. The Morgan fingerprint density at radius 3 is 2.12 bits per heavy atom. The molecule has 1 aliphatic rings. The van der Waals surface area contributed by atoms with Gasteiger partial charge in [0.2, 0.25) is 15.9 Å². The third kappa shape index (κ3) is 9.05. The fourth-order valence-corrected chi connectivity index (χ4v) is 4.86. The largest absolute Gasteiger partial charge is 0.416 e. The lowest BCUT2D eigenvalue weighted by atomic mass is 9.90. The first kappa shape index (κ1) is 31.6. The molecule has 0 radical (unpaired) electrons. The van der Waals surface area contributed by atoms with E-state index in [4.69, 9.17) is 5.14 Å². The Kier molecular flexibility index (Phi) is 10.2. The van der Waals surface area contributed by atoms with Crippen LogP contribution in [-0.2, 0) is 21.0 Å². The van der Waals surface area contributed by atoms with Crippen LogP contribution in [0.1, 0.15) is 58.9 Å². The highest BCUT2D eigenvalue weighted by atomic mass is 32.2. The number of primary sulfonamides is 1. The normalized spacial score (nSPS) is 17.3. The molecule has 222 valence electrons. The molecular weight excluding hydrogens is 563 g/mol. The van der Waals surface area contributed by atoms with E-state index in [0.717, 1.165) is 31.0 Å². The smallest absolute Gasteiger partial charge is 0.381 e. The Morgan fingerprint density at radius 1 is 0.951 bits per heavy atom. The first-order chi connectivity index (χ1) is 19.1. The Balaban J connectivity index is 1.63. The number of hydrogen-bond acceptors (Lipinski definition) is 6. The van der Waals surface area contributed by atoms with Gasteiger partial charge in [0.15, 0.2) is 0 Å². The lowest BCUT2D eigenvalue weighted by Gasteiger charge is -2.33. The zero-order valence-electron chi connectivity index (χ0n) is 22.3. The van der Waals surface area contributed by atoms with E-state index in [2.05, 4.69) is 27.8 Å². The Morgan fingerprint density at radius 2 is 1.56 bits per heavy atom. The van der Waals surface area contributed by atoms with Crippen LogP contribution in [0, 0.1) is 0 Å². The zero-order valence-corrected chi connectivity index (χ0v) is 23.1. The lowest BCUT2D eigenvalue weighted by Crippen LogP contribution is -2.54. The van der Waals surface area contributed by atoms with Gasteiger partial charge in [-0.25, -0.2) is 13.6 Å². The van der Waals surface area contributed by atoms with Gasteiger partial charge < -0.3 is 21.3 Å². The highest BCUT2D eigenvalue weighted by Gasteiger charge is 2.32. The van der Waals surface area contributed by atoms with Crippen molar-refractivity contribution < 1.29 is 36.0 Å². The van der Waals surface area contributed by atoms with E-state index in [1.807, 2.05) is 0 Å². The molecule has 0 spiro atoms. The Bertz CT molecular complexity index is 1410. The van der Waals surface area contributed by atoms with Crippen molar-refractivity contribution in [3.63, 3.8) is 0 Å². The molecule has 3 rings (SSSR count). The predicted molar refractivity (Wildman–Crippen MR) is 147 cm³/mol. The lowest BCUT2D eigenvalue weighted by molar-refractivity contribution is -0.137. The topological polar surface area (TPSA) is 159 Å². The number of hydrogen-bond donors (Lipinski definition) is 5. The van der Waals surface area contributed by atoms with E-state index >= 15 is 0 Å². The van der Waals surface area contributed by atoms with Crippen molar-refractivity contribution in [1.29, 1.82) is 0 Å². The minimum atomic E-state index is -4.66. The Labute approximate surface area is 236 Å². The summed E-state index contributed by atoms with van der Waals surface area (Å²) < 4.78 is 62.7. The number of carbonyl (C=O) groups excluding carboxylic acids is 3. The van der Waals surface area contributed by atoms with Gasteiger partial charge in [-0.15, -0.1) is 0 Å². The molecule has 0 heterocycles. The molecule has 1 aliphatic carbocycles. The highest BCUT2D eigenvalue weighted by Crippen LogP contribution is 2.32. The fourth-order valence-electron chi connectivity index (χ4n) is 4.35.